The number of benzene rings is 7. The van der Waals surface area contributed by atoms with Gasteiger partial charge in [-0.05, 0) is 78.2 Å². The van der Waals surface area contributed by atoms with Gasteiger partial charge in [-0.3, -0.25) is 0 Å². The van der Waals surface area contributed by atoms with E-state index in [2.05, 4.69) is 147 Å². The lowest BCUT2D eigenvalue weighted by Crippen LogP contribution is -2.24. The van der Waals surface area contributed by atoms with E-state index in [-0.39, 0.29) is 5.41 Å². The topological polar surface area (TPSA) is 0 Å². The summed E-state index contributed by atoms with van der Waals surface area (Å²) in [6, 6.07) is 49.7. The van der Waals surface area contributed by atoms with Gasteiger partial charge in [0.1, 0.15) is 0 Å². The highest BCUT2D eigenvalue weighted by molar-refractivity contribution is 7.26. The molecule has 0 atom stereocenters. The monoisotopic (exact) mass is 552 g/mol. The summed E-state index contributed by atoms with van der Waals surface area (Å²) < 4.78 is 2.72. The molecule has 0 unspecified atom stereocenters. The molecule has 8 aromatic rings. The van der Waals surface area contributed by atoms with Crippen LogP contribution in [0.1, 0.15) is 25.0 Å². The molecule has 1 aromatic heterocycles. The average molecular weight is 553 g/mol. The van der Waals surface area contributed by atoms with Crippen LogP contribution < -0.4 is 0 Å². The van der Waals surface area contributed by atoms with Crippen molar-refractivity contribution < 1.29 is 0 Å². The molecule has 0 nitrogen and oxygen atoms in total. The molecule has 0 N–H and O–H groups in total. The third-order valence-corrected chi connectivity index (χ3v) is 10.7. The van der Waals surface area contributed by atoms with Crippen LogP contribution in [-0.4, -0.2) is 0 Å². The van der Waals surface area contributed by atoms with E-state index < -0.39 is 0 Å². The second-order valence-corrected chi connectivity index (χ2v) is 13.1. The third kappa shape index (κ3) is 3.17. The smallest absolute Gasteiger partial charge is 0.0433 e. The Hall–Kier alpha value is -4.72. The first kappa shape index (κ1) is 23.9. The molecule has 0 saturated heterocycles. The molecule has 0 aliphatic heterocycles. The van der Waals surface area contributed by atoms with Crippen molar-refractivity contribution in [3.05, 3.63) is 145 Å². The summed E-state index contributed by atoms with van der Waals surface area (Å²) >= 11 is 1.91. The zero-order valence-electron chi connectivity index (χ0n) is 23.6. The zero-order valence-corrected chi connectivity index (χ0v) is 24.4. The summed E-state index contributed by atoms with van der Waals surface area (Å²) in [4.78, 5) is 0. The number of thiophene rings is 1. The van der Waals surface area contributed by atoms with Gasteiger partial charge in [0, 0.05) is 25.6 Å². The van der Waals surface area contributed by atoms with Crippen LogP contribution in [-0.2, 0) is 5.41 Å². The molecule has 1 aliphatic carbocycles. The van der Waals surface area contributed by atoms with Crippen LogP contribution in [0.4, 0.5) is 0 Å². The van der Waals surface area contributed by atoms with Crippen molar-refractivity contribution in [3.63, 3.8) is 0 Å². The van der Waals surface area contributed by atoms with Gasteiger partial charge in [0.25, 0.3) is 0 Å². The van der Waals surface area contributed by atoms with E-state index >= 15 is 0 Å². The zero-order chi connectivity index (χ0) is 28.0. The van der Waals surface area contributed by atoms with Crippen molar-refractivity contribution in [1.82, 2.24) is 0 Å². The maximum absolute atomic E-state index is 2.48. The first-order valence-electron chi connectivity index (χ1n) is 14.7. The van der Waals surface area contributed by atoms with E-state index in [1.54, 1.807) is 0 Å². The minimum Gasteiger partial charge on any atom is -0.135 e. The molecule has 0 fully saturated rings. The quantitative estimate of drug-likeness (QED) is 0.187. The lowest BCUT2D eigenvalue weighted by Gasteiger charge is -2.36. The normalized spacial score (nSPS) is 13.7. The summed E-state index contributed by atoms with van der Waals surface area (Å²) in [5.74, 6) is 0. The molecule has 9 rings (SSSR count). The third-order valence-electron chi connectivity index (χ3n) is 9.46. The molecule has 0 spiro atoms. The van der Waals surface area contributed by atoms with E-state index in [0.29, 0.717) is 0 Å². The van der Waals surface area contributed by atoms with Gasteiger partial charge in [0.05, 0.1) is 0 Å². The van der Waals surface area contributed by atoms with Crippen LogP contribution in [0.25, 0.3) is 75.1 Å². The van der Waals surface area contributed by atoms with Crippen molar-refractivity contribution in [2.24, 2.45) is 0 Å². The largest absolute Gasteiger partial charge is 0.135 e. The van der Waals surface area contributed by atoms with E-state index in [4.69, 9.17) is 0 Å². The van der Waals surface area contributed by atoms with E-state index in [9.17, 15) is 0 Å². The van der Waals surface area contributed by atoms with Crippen LogP contribution in [0.5, 0.6) is 0 Å². The fourth-order valence-electron chi connectivity index (χ4n) is 7.51. The fraction of sp³-hybridized carbons (Fsp3) is 0.0732. The van der Waals surface area contributed by atoms with Crippen LogP contribution in [0, 0.1) is 0 Å². The highest BCUT2D eigenvalue weighted by Gasteiger charge is 2.35. The van der Waals surface area contributed by atoms with Crippen LogP contribution in [0.15, 0.2) is 133 Å². The molecule has 0 bridgehead atoms. The molecule has 42 heavy (non-hydrogen) atoms. The molecule has 198 valence electrons. The van der Waals surface area contributed by atoms with Crippen molar-refractivity contribution in [2.75, 3.05) is 0 Å². The maximum atomic E-state index is 2.48. The molecule has 1 aliphatic rings. The molecule has 7 aromatic carbocycles. The molecule has 1 heteroatoms. The predicted octanol–water partition coefficient (Wildman–Crippen LogP) is 12.0. The van der Waals surface area contributed by atoms with Gasteiger partial charge >= 0.3 is 0 Å². The van der Waals surface area contributed by atoms with Gasteiger partial charge in [-0.1, -0.05) is 135 Å². The van der Waals surface area contributed by atoms with Crippen molar-refractivity contribution in [3.8, 4) is 33.4 Å². The Morgan fingerprint density at radius 1 is 0.452 bits per heavy atom. The summed E-state index contributed by atoms with van der Waals surface area (Å²) in [6.07, 6.45) is 0. The lowest BCUT2D eigenvalue weighted by atomic mass is 9.66. The Balaban J connectivity index is 1.37. The molecular weight excluding hydrogens is 525 g/mol. The number of hydrogen-bond acceptors (Lipinski definition) is 1. The number of fused-ring (bicyclic) bond motifs is 7. The Morgan fingerprint density at radius 2 is 1.12 bits per heavy atom. The Kier molecular flexibility index (Phi) is 4.93. The Labute approximate surface area is 249 Å². The van der Waals surface area contributed by atoms with Crippen LogP contribution in [0.2, 0.25) is 0 Å². The standard InChI is InChI=1S/C41H28S/c1-41(2)34-20-11-19-33-37(25-12-4-3-5-13-25)29-15-6-7-16-30(29)38(39(33)34)32-23-22-26(24-35(32)41)27-17-10-18-31-28-14-8-9-21-36(28)42-40(27)31/h3-24H,1-2H3. The molecule has 0 saturated carbocycles. The van der Waals surface area contributed by atoms with Crippen molar-refractivity contribution in [2.45, 2.75) is 19.3 Å². The highest BCUT2D eigenvalue weighted by atomic mass is 32.1. The first-order valence-corrected chi connectivity index (χ1v) is 15.5. The van der Waals surface area contributed by atoms with Crippen molar-refractivity contribution >= 4 is 53.1 Å². The van der Waals surface area contributed by atoms with E-state index in [1.807, 2.05) is 11.3 Å². The van der Waals surface area contributed by atoms with Crippen LogP contribution >= 0.6 is 11.3 Å². The minimum atomic E-state index is -0.150. The number of rotatable bonds is 2. The van der Waals surface area contributed by atoms with Gasteiger partial charge in [-0.2, -0.15) is 0 Å². The predicted molar refractivity (Wildman–Crippen MR) is 183 cm³/mol. The van der Waals surface area contributed by atoms with Gasteiger partial charge in [-0.25, -0.2) is 0 Å². The SMILES string of the molecule is CC1(C)c2cc(-c3cccc4c3sc3ccccc34)ccc2-c2c3ccccc3c(-c3ccccc3)c3cccc1c23. The van der Waals surface area contributed by atoms with Crippen LogP contribution in [0.3, 0.4) is 0 Å². The molecule has 0 radical (unpaired) electrons. The molecule has 1 heterocycles. The summed E-state index contributed by atoms with van der Waals surface area (Å²) in [5.41, 5.74) is 10.6. The van der Waals surface area contributed by atoms with Gasteiger partial charge in [0.2, 0.25) is 0 Å². The highest BCUT2D eigenvalue weighted by Crippen LogP contribution is 2.54. The Bertz CT molecular complexity index is 2370. The van der Waals surface area contributed by atoms with Gasteiger partial charge in [0.15, 0.2) is 0 Å². The minimum absolute atomic E-state index is 0.150. The number of hydrogen-bond donors (Lipinski definition) is 0. The molecular formula is C41H28S. The first-order chi connectivity index (χ1) is 20.6. The average Bonchev–Trinajstić information content (AvgIpc) is 3.42. The second kappa shape index (κ2) is 8.64. The summed E-state index contributed by atoms with van der Waals surface area (Å²) in [7, 11) is 0. The molecule has 0 amide bonds. The second-order valence-electron chi connectivity index (χ2n) is 12.1. The summed E-state index contributed by atoms with van der Waals surface area (Å²) in [6.45, 7) is 4.81. The van der Waals surface area contributed by atoms with Gasteiger partial charge in [-0.15, -0.1) is 11.3 Å². The van der Waals surface area contributed by atoms with Crippen molar-refractivity contribution in [1.29, 1.82) is 0 Å². The van der Waals surface area contributed by atoms with Gasteiger partial charge < -0.3 is 0 Å². The lowest BCUT2D eigenvalue weighted by molar-refractivity contribution is 0.646. The summed E-state index contributed by atoms with van der Waals surface area (Å²) in [5, 5.41) is 8.07. The van der Waals surface area contributed by atoms with E-state index in [1.165, 1.54) is 86.2 Å². The van der Waals surface area contributed by atoms with E-state index in [0.717, 1.165) is 0 Å². The maximum Gasteiger partial charge on any atom is 0.0433 e. The Morgan fingerprint density at radius 3 is 1.95 bits per heavy atom. The fourth-order valence-corrected chi connectivity index (χ4v) is 8.75.